The third-order valence-electron chi connectivity index (χ3n) is 7.98. The minimum absolute atomic E-state index is 0.0141. The molecule has 5 heterocycles. The monoisotopic (exact) mass is 486 g/mol. The predicted octanol–water partition coefficient (Wildman–Crippen LogP) is 0.566. The second-order valence-corrected chi connectivity index (χ2v) is 9.70. The molecule has 11 nitrogen and oxygen atoms in total. The highest BCUT2D eigenvalue weighted by atomic mass is 16.6. The molecule has 0 aromatic carbocycles. The Balaban J connectivity index is 1.33. The number of carboxylic acid groups (broad SMARTS) is 1. The molecule has 5 rings (SSSR count). The van der Waals surface area contributed by atoms with Crippen molar-refractivity contribution in [1.82, 2.24) is 19.6 Å². The summed E-state index contributed by atoms with van der Waals surface area (Å²) >= 11 is 0. The summed E-state index contributed by atoms with van der Waals surface area (Å²) in [5.41, 5.74) is 1.00. The first-order valence-corrected chi connectivity index (χ1v) is 12.3. The molecule has 188 valence electrons. The number of β-lactam (4-membered cyclic amide) rings is 1. The Morgan fingerprint density at radius 3 is 2.43 bits per heavy atom. The van der Waals surface area contributed by atoms with E-state index in [1.165, 1.54) is 16.7 Å². The Morgan fingerprint density at radius 1 is 1.09 bits per heavy atom. The Bertz CT molecular complexity index is 1060. The van der Waals surface area contributed by atoms with Crippen molar-refractivity contribution in [3.63, 3.8) is 0 Å². The van der Waals surface area contributed by atoms with Crippen molar-refractivity contribution < 1.29 is 33.8 Å². The summed E-state index contributed by atoms with van der Waals surface area (Å²) < 4.78 is 5.06. The summed E-state index contributed by atoms with van der Waals surface area (Å²) in [7, 11) is 0. The summed E-state index contributed by atoms with van der Waals surface area (Å²) in [6.45, 7) is 5.49. The van der Waals surface area contributed by atoms with Gasteiger partial charge in [-0.2, -0.15) is 0 Å². The van der Waals surface area contributed by atoms with Gasteiger partial charge >= 0.3 is 12.1 Å². The molecular formula is C24H30N4O7. The van der Waals surface area contributed by atoms with Crippen LogP contribution in [0.2, 0.25) is 0 Å². The van der Waals surface area contributed by atoms with E-state index in [0.717, 1.165) is 0 Å². The fourth-order valence-corrected chi connectivity index (χ4v) is 6.35. The molecule has 5 aliphatic heterocycles. The van der Waals surface area contributed by atoms with Crippen molar-refractivity contribution in [2.24, 2.45) is 5.92 Å². The van der Waals surface area contributed by atoms with Crippen molar-refractivity contribution in [3.05, 3.63) is 22.9 Å². The summed E-state index contributed by atoms with van der Waals surface area (Å²) in [4.78, 5) is 68.5. The third kappa shape index (κ3) is 3.59. The lowest BCUT2D eigenvalue weighted by Crippen LogP contribution is -2.73. The normalized spacial score (nSPS) is 29.7. The van der Waals surface area contributed by atoms with Crippen LogP contribution < -0.4 is 0 Å². The largest absolute Gasteiger partial charge is 0.477 e. The van der Waals surface area contributed by atoms with Crippen molar-refractivity contribution in [2.45, 2.75) is 57.7 Å². The van der Waals surface area contributed by atoms with Gasteiger partial charge in [0.05, 0.1) is 12.6 Å². The zero-order valence-corrected chi connectivity index (χ0v) is 19.9. The van der Waals surface area contributed by atoms with E-state index >= 15 is 0 Å². The SMILES string of the molecule is CCOC(=O)N1CCC(N2CC/C(=C\C3=C(C(=O)O)N4C(=O)[C@@H]5[C@H]4C3CCN5C(C)=O)C2=O)CC1. The number of carbonyl (C=O) groups is 5. The van der Waals surface area contributed by atoms with E-state index in [1.54, 1.807) is 17.9 Å². The molecule has 5 aliphatic rings. The number of amides is 4. The van der Waals surface area contributed by atoms with Gasteiger partial charge in [0.2, 0.25) is 11.8 Å². The highest BCUT2D eigenvalue weighted by molar-refractivity contribution is 6.04. The van der Waals surface area contributed by atoms with Gasteiger partial charge in [-0.15, -0.1) is 0 Å². The molecule has 3 atom stereocenters. The van der Waals surface area contributed by atoms with Crippen LogP contribution in [0, 0.1) is 5.92 Å². The number of hydrogen-bond acceptors (Lipinski definition) is 6. The zero-order chi connectivity index (χ0) is 25.0. The van der Waals surface area contributed by atoms with E-state index in [9.17, 15) is 29.1 Å². The Labute approximate surface area is 202 Å². The van der Waals surface area contributed by atoms with Gasteiger partial charge in [0.1, 0.15) is 11.7 Å². The number of carbonyl (C=O) groups excluding carboxylic acids is 4. The highest BCUT2D eigenvalue weighted by Crippen LogP contribution is 2.49. The Kier molecular flexibility index (Phi) is 5.80. The van der Waals surface area contributed by atoms with Gasteiger partial charge in [0.15, 0.2) is 0 Å². The first-order chi connectivity index (χ1) is 16.7. The van der Waals surface area contributed by atoms with E-state index < -0.39 is 12.0 Å². The molecule has 0 aromatic heterocycles. The standard InChI is InChI=1S/C24H30N4O7/c1-3-35-24(34)25-8-5-15(6-9-25)27-10-4-14(21(27)30)12-17-16-7-11-26(13(2)29)20-18(16)28(22(20)31)19(17)23(32)33/h12,15-16,18,20H,3-11H2,1-2H3,(H,32,33)/b14-12+/t16?,18-,20+/m1/s1. The topological polar surface area (TPSA) is 128 Å². The van der Waals surface area contributed by atoms with Crippen molar-refractivity contribution >= 4 is 29.8 Å². The van der Waals surface area contributed by atoms with E-state index in [-0.39, 0.29) is 47.5 Å². The molecule has 0 radical (unpaired) electrons. The fraction of sp³-hybridized carbons (Fsp3) is 0.625. The van der Waals surface area contributed by atoms with Crippen LogP contribution in [0.1, 0.15) is 39.5 Å². The fourth-order valence-electron chi connectivity index (χ4n) is 6.35. The lowest BCUT2D eigenvalue weighted by Gasteiger charge is -2.53. The van der Waals surface area contributed by atoms with E-state index in [4.69, 9.17) is 4.74 Å². The van der Waals surface area contributed by atoms with E-state index in [0.29, 0.717) is 69.6 Å². The molecule has 35 heavy (non-hydrogen) atoms. The number of piperidine rings is 2. The first kappa shape index (κ1) is 23.4. The molecule has 11 heteroatoms. The average molecular weight is 487 g/mol. The smallest absolute Gasteiger partial charge is 0.409 e. The number of likely N-dealkylation sites (tertiary alicyclic amines) is 3. The molecule has 1 N–H and O–H groups in total. The second-order valence-electron chi connectivity index (χ2n) is 9.70. The van der Waals surface area contributed by atoms with Gasteiger partial charge in [-0.3, -0.25) is 19.3 Å². The second kappa shape index (κ2) is 8.69. The number of carboxylic acids is 1. The van der Waals surface area contributed by atoms with Gasteiger partial charge < -0.3 is 24.5 Å². The minimum atomic E-state index is -1.19. The molecule has 0 saturated carbocycles. The van der Waals surface area contributed by atoms with Crippen LogP contribution in [0.15, 0.2) is 22.9 Å². The quantitative estimate of drug-likeness (QED) is 0.454. The third-order valence-corrected chi connectivity index (χ3v) is 7.98. The van der Waals surface area contributed by atoms with E-state index in [1.807, 2.05) is 4.90 Å². The number of hydrogen-bond donors (Lipinski definition) is 1. The maximum atomic E-state index is 13.3. The number of nitrogens with zero attached hydrogens (tertiary/aromatic N) is 4. The summed E-state index contributed by atoms with van der Waals surface area (Å²) in [6.07, 6.45) is 3.73. The molecule has 1 unspecified atom stereocenters. The summed E-state index contributed by atoms with van der Waals surface area (Å²) in [5, 5.41) is 9.92. The van der Waals surface area contributed by atoms with Crippen LogP contribution >= 0.6 is 0 Å². The molecule has 0 aromatic rings. The maximum Gasteiger partial charge on any atom is 0.409 e. The van der Waals surface area contributed by atoms with Crippen molar-refractivity contribution in [3.8, 4) is 0 Å². The molecule has 0 bridgehead atoms. The van der Waals surface area contributed by atoms with Crippen LogP contribution in [0.5, 0.6) is 0 Å². The van der Waals surface area contributed by atoms with Crippen LogP contribution in [0.3, 0.4) is 0 Å². The van der Waals surface area contributed by atoms with Crippen LogP contribution in [0.4, 0.5) is 4.79 Å². The molecule has 0 spiro atoms. The summed E-state index contributed by atoms with van der Waals surface area (Å²) in [6, 6.07) is -0.991. The van der Waals surface area contributed by atoms with Gasteiger partial charge in [-0.1, -0.05) is 0 Å². The molecule has 4 fully saturated rings. The number of aliphatic carboxylic acids is 1. The van der Waals surface area contributed by atoms with Gasteiger partial charge in [0, 0.05) is 50.6 Å². The minimum Gasteiger partial charge on any atom is -0.477 e. The van der Waals surface area contributed by atoms with Crippen molar-refractivity contribution in [2.75, 3.05) is 32.8 Å². The van der Waals surface area contributed by atoms with Gasteiger partial charge in [-0.25, -0.2) is 9.59 Å². The molecule has 0 aliphatic carbocycles. The number of ether oxygens (including phenoxy) is 1. The molecular weight excluding hydrogens is 456 g/mol. The van der Waals surface area contributed by atoms with Gasteiger partial charge in [-0.05, 0) is 44.3 Å². The van der Waals surface area contributed by atoms with E-state index in [2.05, 4.69) is 0 Å². The Morgan fingerprint density at radius 2 is 1.80 bits per heavy atom. The predicted molar refractivity (Wildman–Crippen MR) is 121 cm³/mol. The lowest BCUT2D eigenvalue weighted by molar-refractivity contribution is -0.168. The Hall–Kier alpha value is -3.37. The maximum absolute atomic E-state index is 13.3. The lowest BCUT2D eigenvalue weighted by atomic mass is 9.77. The van der Waals surface area contributed by atoms with Crippen molar-refractivity contribution in [1.29, 1.82) is 0 Å². The summed E-state index contributed by atoms with van der Waals surface area (Å²) in [5.74, 6) is -2.08. The van der Waals surface area contributed by atoms with Crippen LogP contribution in [-0.4, -0.2) is 105 Å². The average Bonchev–Trinajstić information content (AvgIpc) is 3.35. The zero-order valence-electron chi connectivity index (χ0n) is 19.9. The highest BCUT2D eigenvalue weighted by Gasteiger charge is 2.63. The molecule has 4 amide bonds. The van der Waals surface area contributed by atoms with Crippen LogP contribution in [-0.2, 0) is 23.9 Å². The number of allylic oxidation sites excluding steroid dienone is 1. The van der Waals surface area contributed by atoms with Crippen LogP contribution in [0.25, 0.3) is 0 Å². The first-order valence-electron chi connectivity index (χ1n) is 12.3. The van der Waals surface area contributed by atoms with Gasteiger partial charge in [0.25, 0.3) is 5.91 Å². The number of rotatable bonds is 4. The molecule has 4 saturated heterocycles.